The van der Waals surface area contributed by atoms with Gasteiger partial charge in [0.15, 0.2) is 12.6 Å². The maximum absolute atomic E-state index is 13.2. The SMILES string of the molecule is CC/C=C\C/C=C\C/C=C\C/C=C\C/C=C\C/C=C\CCCCCCCCCCC(=O)NC(COC1OC(CO)C(OC2OC(CO)C(O)C(O)C2O)C(O)C1O)C(O)/C=C/CC/C=C/CC/C=C/CCCCCCC. The average molecular weight is 1070 g/mol. The van der Waals surface area contributed by atoms with Crippen LogP contribution in [-0.2, 0) is 23.7 Å². The van der Waals surface area contributed by atoms with Gasteiger partial charge in [0.2, 0.25) is 5.91 Å². The maximum Gasteiger partial charge on any atom is 0.220 e. The molecule has 0 aromatic rings. The van der Waals surface area contributed by atoms with Crippen molar-refractivity contribution in [3.63, 3.8) is 0 Å². The molecule has 2 aliphatic heterocycles. The Bertz CT molecular complexity index is 1690. The number of hydrogen-bond donors (Lipinski definition) is 9. The van der Waals surface area contributed by atoms with E-state index in [1.807, 2.05) is 6.08 Å². The first-order valence-electron chi connectivity index (χ1n) is 29.1. The summed E-state index contributed by atoms with van der Waals surface area (Å²) in [6, 6.07) is -0.950. The fourth-order valence-corrected chi connectivity index (χ4v) is 8.74. The van der Waals surface area contributed by atoms with Gasteiger partial charge in [0.1, 0.15) is 48.8 Å². The fraction of sp³-hybridized carbons (Fsp3) is 0.694. The van der Waals surface area contributed by atoms with Gasteiger partial charge in [-0.15, -0.1) is 0 Å². The van der Waals surface area contributed by atoms with Gasteiger partial charge in [0, 0.05) is 6.42 Å². The number of aliphatic hydroxyl groups excluding tert-OH is 8. The number of carbonyl (C=O) groups excluding carboxylic acids is 1. The number of ether oxygens (including phenoxy) is 4. The second kappa shape index (κ2) is 46.6. The standard InChI is InChI=1S/C62H103NO13/c1-3-5-7-9-11-13-15-17-19-20-21-22-23-24-25-26-27-28-29-30-32-34-36-38-40-42-44-46-54(67)63-50(51(66)45-43-41-39-37-35-33-31-18-16-14-12-10-8-6-4-2)49-73-61-59(72)57(70)60(53(48-65)75-61)76-62-58(71)56(69)55(68)52(47-64)74-62/h5,7,11,13,16-19,21-22,24-25,27-28,35,37,43,45,50-53,55-62,64-66,68-72H,3-4,6,8-10,12,14-15,20,23,26,29-34,36,38-42,44,46-49H2,1-2H3,(H,63,67)/b7-5-,13-11-,18-16+,19-17-,22-21-,25-24-,28-27-,37-35+,45-43+. The molecule has 434 valence electrons. The van der Waals surface area contributed by atoms with E-state index in [-0.39, 0.29) is 18.9 Å². The minimum Gasteiger partial charge on any atom is -0.394 e. The zero-order valence-corrected chi connectivity index (χ0v) is 46.4. The molecule has 12 atom stereocenters. The normalized spacial score (nSPS) is 25.7. The van der Waals surface area contributed by atoms with E-state index < -0.39 is 86.8 Å². The Labute approximate surface area is 457 Å². The molecule has 0 saturated carbocycles. The second-order valence-corrected chi connectivity index (χ2v) is 20.0. The molecule has 0 aliphatic carbocycles. The minimum atomic E-state index is -1.80. The van der Waals surface area contributed by atoms with Gasteiger partial charge in [-0.05, 0) is 96.3 Å². The monoisotopic (exact) mass is 1070 g/mol. The van der Waals surface area contributed by atoms with Gasteiger partial charge < -0.3 is 65.1 Å². The summed E-state index contributed by atoms with van der Waals surface area (Å²) >= 11 is 0. The summed E-state index contributed by atoms with van der Waals surface area (Å²) in [5.74, 6) is -0.268. The van der Waals surface area contributed by atoms with E-state index in [1.165, 1.54) is 51.4 Å². The van der Waals surface area contributed by atoms with Gasteiger partial charge >= 0.3 is 0 Å². The number of aliphatic hydroxyl groups is 8. The summed E-state index contributed by atoms with van der Waals surface area (Å²) in [6.07, 6.45) is 48.3. The zero-order valence-electron chi connectivity index (χ0n) is 46.4. The van der Waals surface area contributed by atoms with Gasteiger partial charge in [-0.1, -0.05) is 187 Å². The Balaban J connectivity index is 1.77. The van der Waals surface area contributed by atoms with Crippen molar-refractivity contribution in [2.75, 3.05) is 19.8 Å². The predicted molar refractivity (Wildman–Crippen MR) is 304 cm³/mol. The molecule has 14 nitrogen and oxygen atoms in total. The zero-order chi connectivity index (χ0) is 55.3. The fourth-order valence-electron chi connectivity index (χ4n) is 8.74. The first-order chi connectivity index (χ1) is 37.1. The predicted octanol–water partition coefficient (Wildman–Crippen LogP) is 9.66. The molecule has 2 rings (SSSR count). The molecule has 0 aromatic carbocycles. The highest BCUT2D eigenvalue weighted by molar-refractivity contribution is 5.76. The van der Waals surface area contributed by atoms with E-state index in [2.05, 4.69) is 116 Å². The molecule has 1 amide bonds. The van der Waals surface area contributed by atoms with Crippen LogP contribution in [0.5, 0.6) is 0 Å². The molecule has 2 aliphatic rings. The van der Waals surface area contributed by atoms with Crippen LogP contribution in [0.3, 0.4) is 0 Å². The third-order valence-corrected chi connectivity index (χ3v) is 13.4. The number of hydrogen-bond acceptors (Lipinski definition) is 13. The molecule has 0 spiro atoms. The number of carbonyl (C=O) groups is 1. The van der Waals surface area contributed by atoms with Gasteiger partial charge in [-0.2, -0.15) is 0 Å². The molecule has 0 bridgehead atoms. The lowest BCUT2D eigenvalue weighted by Crippen LogP contribution is -2.65. The van der Waals surface area contributed by atoms with Crippen LogP contribution in [-0.4, -0.2) is 140 Å². The van der Waals surface area contributed by atoms with Gasteiger partial charge in [0.05, 0.1) is 32.0 Å². The quantitative estimate of drug-likeness (QED) is 0.0205. The Kier molecular flexibility index (Phi) is 42.1. The van der Waals surface area contributed by atoms with Crippen LogP contribution in [0.2, 0.25) is 0 Å². The van der Waals surface area contributed by atoms with Crippen LogP contribution >= 0.6 is 0 Å². The molecule has 2 heterocycles. The summed E-state index contributed by atoms with van der Waals surface area (Å²) in [5, 5.41) is 87.0. The van der Waals surface area contributed by atoms with Crippen molar-refractivity contribution in [2.24, 2.45) is 0 Å². The van der Waals surface area contributed by atoms with Crippen LogP contribution < -0.4 is 5.32 Å². The van der Waals surface area contributed by atoms with Crippen LogP contribution in [0, 0.1) is 0 Å². The van der Waals surface area contributed by atoms with E-state index in [4.69, 9.17) is 18.9 Å². The highest BCUT2D eigenvalue weighted by Gasteiger charge is 2.51. The van der Waals surface area contributed by atoms with Crippen LogP contribution in [0.4, 0.5) is 0 Å². The molecule has 2 saturated heterocycles. The molecule has 76 heavy (non-hydrogen) atoms. The Morgan fingerprint density at radius 3 is 1.45 bits per heavy atom. The molecule has 0 aromatic heterocycles. The Morgan fingerprint density at radius 1 is 0.487 bits per heavy atom. The number of nitrogens with one attached hydrogen (secondary N) is 1. The topological polar surface area (TPSA) is 228 Å². The highest BCUT2D eigenvalue weighted by Crippen LogP contribution is 2.30. The van der Waals surface area contributed by atoms with E-state index in [0.717, 1.165) is 96.3 Å². The van der Waals surface area contributed by atoms with Crippen LogP contribution in [0.1, 0.15) is 181 Å². The molecule has 14 heteroatoms. The maximum atomic E-state index is 13.2. The highest BCUT2D eigenvalue weighted by atomic mass is 16.7. The van der Waals surface area contributed by atoms with E-state index in [9.17, 15) is 45.6 Å². The molecule has 2 fully saturated rings. The summed E-state index contributed by atoms with van der Waals surface area (Å²) in [5.41, 5.74) is 0. The summed E-state index contributed by atoms with van der Waals surface area (Å²) in [7, 11) is 0. The molecular weight excluding hydrogens is 967 g/mol. The van der Waals surface area contributed by atoms with Gasteiger partial charge in [-0.3, -0.25) is 4.79 Å². The van der Waals surface area contributed by atoms with Gasteiger partial charge in [0.25, 0.3) is 0 Å². The lowest BCUT2D eigenvalue weighted by molar-refractivity contribution is -0.359. The lowest BCUT2D eigenvalue weighted by Gasteiger charge is -2.46. The van der Waals surface area contributed by atoms with E-state index in [1.54, 1.807) is 6.08 Å². The summed E-state index contributed by atoms with van der Waals surface area (Å²) < 4.78 is 22.7. The van der Waals surface area contributed by atoms with Crippen molar-refractivity contribution in [1.82, 2.24) is 5.32 Å². The Morgan fingerprint density at radius 2 is 0.921 bits per heavy atom. The van der Waals surface area contributed by atoms with Crippen molar-refractivity contribution >= 4 is 5.91 Å². The Hall–Kier alpha value is -3.35. The molecule has 0 radical (unpaired) electrons. The third-order valence-electron chi connectivity index (χ3n) is 13.4. The van der Waals surface area contributed by atoms with Crippen molar-refractivity contribution in [2.45, 2.75) is 254 Å². The van der Waals surface area contributed by atoms with Gasteiger partial charge in [-0.25, -0.2) is 0 Å². The van der Waals surface area contributed by atoms with Crippen LogP contribution in [0.25, 0.3) is 0 Å². The lowest BCUT2D eigenvalue weighted by atomic mass is 9.97. The first kappa shape index (κ1) is 68.8. The van der Waals surface area contributed by atoms with Crippen LogP contribution in [0.15, 0.2) is 109 Å². The van der Waals surface area contributed by atoms with Crippen molar-refractivity contribution in [1.29, 1.82) is 0 Å². The first-order valence-corrected chi connectivity index (χ1v) is 29.1. The third kappa shape index (κ3) is 31.9. The smallest absolute Gasteiger partial charge is 0.220 e. The number of unbranched alkanes of at least 4 members (excludes halogenated alkanes) is 15. The molecule has 9 N–H and O–H groups in total. The number of amides is 1. The number of allylic oxidation sites excluding steroid dienone is 17. The molecule has 12 unspecified atom stereocenters. The summed E-state index contributed by atoms with van der Waals surface area (Å²) in [6.45, 7) is 2.61. The van der Waals surface area contributed by atoms with E-state index in [0.29, 0.717) is 12.8 Å². The largest absolute Gasteiger partial charge is 0.394 e. The summed E-state index contributed by atoms with van der Waals surface area (Å²) in [4.78, 5) is 13.2. The number of rotatable bonds is 44. The van der Waals surface area contributed by atoms with Crippen molar-refractivity contribution in [3.8, 4) is 0 Å². The second-order valence-electron chi connectivity index (χ2n) is 20.0. The van der Waals surface area contributed by atoms with Crippen molar-refractivity contribution in [3.05, 3.63) is 109 Å². The van der Waals surface area contributed by atoms with Crippen molar-refractivity contribution < 1.29 is 64.6 Å². The minimum absolute atomic E-state index is 0.253. The average Bonchev–Trinajstić information content (AvgIpc) is 3.42. The van der Waals surface area contributed by atoms with E-state index >= 15 is 0 Å². The molecular formula is C62H103NO13.